The monoisotopic (exact) mass is 367 g/mol. The Bertz CT molecular complexity index is 916. The van der Waals surface area contributed by atoms with Crippen LogP contribution in [-0.2, 0) is 0 Å². The lowest BCUT2D eigenvalue weighted by molar-refractivity contribution is 0.102. The van der Waals surface area contributed by atoms with Crippen molar-refractivity contribution in [3.05, 3.63) is 77.6 Å². The molecule has 132 valence electrons. The van der Waals surface area contributed by atoms with Gasteiger partial charge in [0.25, 0.3) is 5.91 Å². The highest BCUT2D eigenvalue weighted by Crippen LogP contribution is 2.28. The largest absolute Gasteiger partial charge is 0.495 e. The Kier molecular flexibility index (Phi) is 5.39. The summed E-state index contributed by atoms with van der Waals surface area (Å²) in [5.74, 6) is 0.292. The molecule has 0 radical (unpaired) electrons. The number of nitrogens with one attached hydrogen (secondary N) is 1. The van der Waals surface area contributed by atoms with Crippen LogP contribution in [0, 0.1) is 0 Å². The van der Waals surface area contributed by atoms with Gasteiger partial charge in [-0.1, -0.05) is 29.8 Å². The minimum absolute atomic E-state index is 0.262. The van der Waals surface area contributed by atoms with Crippen molar-refractivity contribution in [2.45, 2.75) is 0 Å². The standard InChI is InChI=1S/C20H18ClN3O2/c1-24(16-6-4-3-5-7-16)17-10-14(12-22-13-17)20(25)23-15-8-9-19(26-2)18(21)11-15/h3-13H,1-2H3,(H,23,25). The number of anilines is 3. The number of carbonyl (C=O) groups is 1. The van der Waals surface area contributed by atoms with E-state index in [-0.39, 0.29) is 5.91 Å². The van der Waals surface area contributed by atoms with E-state index in [0.717, 1.165) is 11.4 Å². The lowest BCUT2D eigenvalue weighted by Crippen LogP contribution is -2.15. The van der Waals surface area contributed by atoms with Crippen LogP contribution >= 0.6 is 11.6 Å². The molecule has 1 N–H and O–H groups in total. The van der Waals surface area contributed by atoms with Crippen molar-refractivity contribution in [3.63, 3.8) is 0 Å². The second kappa shape index (κ2) is 7.89. The molecule has 0 aliphatic heterocycles. The zero-order chi connectivity index (χ0) is 18.5. The van der Waals surface area contributed by atoms with E-state index < -0.39 is 0 Å². The predicted octanol–water partition coefficient (Wildman–Crippen LogP) is 4.76. The normalized spacial score (nSPS) is 10.3. The highest BCUT2D eigenvalue weighted by atomic mass is 35.5. The molecule has 0 atom stereocenters. The Labute approximate surface area is 157 Å². The average Bonchev–Trinajstić information content (AvgIpc) is 2.68. The predicted molar refractivity (Wildman–Crippen MR) is 105 cm³/mol. The first-order valence-electron chi connectivity index (χ1n) is 7.97. The molecule has 1 heterocycles. The third kappa shape index (κ3) is 3.95. The first-order chi connectivity index (χ1) is 12.6. The molecule has 0 fully saturated rings. The van der Waals surface area contributed by atoms with Gasteiger partial charge in [0.2, 0.25) is 0 Å². The molecule has 0 saturated heterocycles. The summed E-state index contributed by atoms with van der Waals surface area (Å²) in [7, 11) is 3.47. The van der Waals surface area contributed by atoms with Crippen molar-refractivity contribution < 1.29 is 9.53 Å². The number of carbonyl (C=O) groups excluding carboxylic acids is 1. The van der Waals surface area contributed by atoms with Crippen molar-refractivity contribution in [3.8, 4) is 5.75 Å². The highest BCUT2D eigenvalue weighted by Gasteiger charge is 2.11. The molecule has 3 rings (SSSR count). The molecular weight excluding hydrogens is 350 g/mol. The number of rotatable bonds is 5. The second-order valence-electron chi connectivity index (χ2n) is 5.63. The number of pyridine rings is 1. The molecular formula is C20H18ClN3O2. The van der Waals surface area contributed by atoms with Crippen LogP contribution < -0.4 is 15.0 Å². The van der Waals surface area contributed by atoms with Gasteiger partial charge in [-0.05, 0) is 36.4 Å². The number of methoxy groups -OCH3 is 1. The molecule has 0 aliphatic carbocycles. The van der Waals surface area contributed by atoms with Gasteiger partial charge >= 0.3 is 0 Å². The van der Waals surface area contributed by atoms with Gasteiger partial charge in [0, 0.05) is 24.6 Å². The van der Waals surface area contributed by atoms with Gasteiger partial charge in [-0.15, -0.1) is 0 Å². The van der Waals surface area contributed by atoms with Gasteiger partial charge in [0.05, 0.1) is 29.6 Å². The molecule has 0 saturated carbocycles. The molecule has 0 unspecified atom stereocenters. The molecule has 1 amide bonds. The van der Waals surface area contributed by atoms with Gasteiger partial charge in [0.1, 0.15) is 5.75 Å². The number of ether oxygens (including phenoxy) is 1. The van der Waals surface area contributed by atoms with Crippen LogP contribution in [0.2, 0.25) is 5.02 Å². The number of amides is 1. The Morgan fingerprint density at radius 3 is 2.54 bits per heavy atom. The fraction of sp³-hybridized carbons (Fsp3) is 0.100. The van der Waals surface area contributed by atoms with Gasteiger partial charge in [-0.3, -0.25) is 9.78 Å². The summed E-state index contributed by atoms with van der Waals surface area (Å²) in [6.45, 7) is 0. The SMILES string of the molecule is COc1ccc(NC(=O)c2cncc(N(C)c3ccccc3)c2)cc1Cl. The molecule has 0 aliphatic rings. The molecule has 6 heteroatoms. The molecule has 1 aromatic heterocycles. The maximum atomic E-state index is 12.5. The number of para-hydroxylation sites is 1. The smallest absolute Gasteiger partial charge is 0.257 e. The van der Waals surface area contributed by atoms with Gasteiger partial charge in [-0.25, -0.2) is 0 Å². The van der Waals surface area contributed by atoms with Gasteiger partial charge in [-0.2, -0.15) is 0 Å². The summed E-state index contributed by atoms with van der Waals surface area (Å²) in [4.78, 5) is 18.7. The molecule has 5 nitrogen and oxygen atoms in total. The molecule has 3 aromatic rings. The summed E-state index contributed by atoms with van der Waals surface area (Å²) in [5, 5.41) is 3.25. The Morgan fingerprint density at radius 2 is 1.85 bits per heavy atom. The minimum atomic E-state index is -0.262. The Balaban J connectivity index is 1.79. The summed E-state index contributed by atoms with van der Waals surface area (Å²) < 4.78 is 5.11. The molecule has 2 aromatic carbocycles. The van der Waals surface area contributed by atoms with Crippen LogP contribution in [0.4, 0.5) is 17.1 Å². The Morgan fingerprint density at radius 1 is 1.08 bits per heavy atom. The van der Waals surface area contributed by atoms with Crippen molar-refractivity contribution in [2.75, 3.05) is 24.4 Å². The fourth-order valence-corrected chi connectivity index (χ4v) is 2.74. The number of hydrogen-bond acceptors (Lipinski definition) is 4. The number of nitrogens with zero attached hydrogens (tertiary/aromatic N) is 2. The van der Waals surface area contributed by atoms with Crippen LogP contribution in [0.15, 0.2) is 67.0 Å². The number of hydrogen-bond donors (Lipinski definition) is 1. The van der Waals surface area contributed by atoms with E-state index in [1.807, 2.05) is 42.3 Å². The maximum absolute atomic E-state index is 12.5. The van der Waals surface area contributed by atoms with E-state index in [2.05, 4.69) is 10.3 Å². The summed E-state index contributed by atoms with van der Waals surface area (Å²) >= 11 is 6.10. The van der Waals surface area contributed by atoms with Crippen molar-refractivity contribution in [1.82, 2.24) is 4.98 Å². The van der Waals surface area contributed by atoms with Crippen molar-refractivity contribution in [2.24, 2.45) is 0 Å². The van der Waals surface area contributed by atoms with E-state index in [4.69, 9.17) is 16.3 Å². The van der Waals surface area contributed by atoms with E-state index in [1.165, 1.54) is 6.20 Å². The fourth-order valence-electron chi connectivity index (χ4n) is 2.48. The number of aromatic nitrogens is 1. The Hall–Kier alpha value is -3.05. The summed E-state index contributed by atoms with van der Waals surface area (Å²) in [5.41, 5.74) is 2.87. The van der Waals surface area contributed by atoms with Gasteiger partial charge < -0.3 is 15.0 Å². The lowest BCUT2D eigenvalue weighted by atomic mass is 10.2. The first kappa shape index (κ1) is 17.8. The highest BCUT2D eigenvalue weighted by molar-refractivity contribution is 6.32. The second-order valence-corrected chi connectivity index (χ2v) is 6.04. The van der Waals surface area contributed by atoms with Crippen LogP contribution in [-0.4, -0.2) is 25.0 Å². The van der Waals surface area contributed by atoms with Gasteiger partial charge in [0.15, 0.2) is 0 Å². The van der Waals surface area contributed by atoms with Crippen LogP contribution in [0.3, 0.4) is 0 Å². The van der Waals surface area contributed by atoms with Crippen molar-refractivity contribution >= 4 is 34.6 Å². The summed E-state index contributed by atoms with van der Waals surface area (Å²) in [6.07, 6.45) is 3.25. The van der Waals surface area contributed by atoms with E-state index in [0.29, 0.717) is 22.0 Å². The average molecular weight is 368 g/mol. The first-order valence-corrected chi connectivity index (χ1v) is 8.35. The van der Waals surface area contributed by atoms with Crippen LogP contribution in [0.25, 0.3) is 0 Å². The lowest BCUT2D eigenvalue weighted by Gasteiger charge is -2.19. The van der Waals surface area contributed by atoms with Crippen LogP contribution in [0.5, 0.6) is 5.75 Å². The number of benzene rings is 2. The third-order valence-electron chi connectivity index (χ3n) is 3.93. The quantitative estimate of drug-likeness (QED) is 0.706. The van der Waals surface area contributed by atoms with E-state index in [1.54, 1.807) is 37.6 Å². The zero-order valence-electron chi connectivity index (χ0n) is 14.4. The van der Waals surface area contributed by atoms with Crippen LogP contribution in [0.1, 0.15) is 10.4 Å². The maximum Gasteiger partial charge on any atom is 0.257 e. The number of halogens is 1. The minimum Gasteiger partial charge on any atom is -0.495 e. The van der Waals surface area contributed by atoms with E-state index in [9.17, 15) is 4.79 Å². The molecule has 0 spiro atoms. The molecule has 0 bridgehead atoms. The topological polar surface area (TPSA) is 54.5 Å². The van der Waals surface area contributed by atoms with E-state index >= 15 is 0 Å². The van der Waals surface area contributed by atoms with Crippen molar-refractivity contribution in [1.29, 1.82) is 0 Å². The molecule has 26 heavy (non-hydrogen) atoms. The third-order valence-corrected chi connectivity index (χ3v) is 4.22. The summed E-state index contributed by atoms with van der Waals surface area (Å²) in [6, 6.07) is 16.7. The zero-order valence-corrected chi connectivity index (χ0v) is 15.2.